The molecule has 6 aromatic carbocycles. The normalized spacial score (nSPS) is 13.0. The summed E-state index contributed by atoms with van der Waals surface area (Å²) in [6, 6.07) is 47.8. The quantitative estimate of drug-likeness (QED) is 0.149. The third-order valence-corrected chi connectivity index (χ3v) is 11.0. The third kappa shape index (κ3) is 7.11. The van der Waals surface area contributed by atoms with Crippen molar-refractivity contribution in [3.8, 4) is 23.1 Å². The molecule has 0 amide bonds. The van der Waals surface area contributed by atoms with E-state index in [1.54, 1.807) is 6.33 Å². The van der Waals surface area contributed by atoms with Crippen LogP contribution in [0.2, 0.25) is 0 Å². The van der Waals surface area contributed by atoms with Crippen molar-refractivity contribution in [1.82, 2.24) is 19.3 Å². The number of hydrogen-bond acceptors (Lipinski definition) is 5. The average Bonchev–Trinajstić information content (AvgIpc) is 3.88. The van der Waals surface area contributed by atoms with Crippen LogP contribution < -0.4 is 14.5 Å². The molecule has 8 heteroatoms. The van der Waals surface area contributed by atoms with Crippen molar-refractivity contribution in [2.24, 2.45) is 0 Å². The zero-order valence-electron chi connectivity index (χ0n) is 34.2. The summed E-state index contributed by atoms with van der Waals surface area (Å²) in [6.45, 7) is 20.7. The molecule has 0 saturated carbocycles. The Labute approximate surface area is 356 Å². The first-order chi connectivity index (χ1) is 27.3. The summed E-state index contributed by atoms with van der Waals surface area (Å²) in [4.78, 5) is 4.57. The van der Waals surface area contributed by atoms with Crippen LogP contribution in [0.15, 0.2) is 122 Å². The van der Waals surface area contributed by atoms with E-state index in [0.717, 1.165) is 62.2 Å². The summed E-state index contributed by atoms with van der Waals surface area (Å²) in [7, 11) is 0. The zero-order chi connectivity index (χ0) is 39.6. The summed E-state index contributed by atoms with van der Waals surface area (Å²) in [5, 5.41) is 11.2. The van der Waals surface area contributed by atoms with Crippen LogP contribution in [0.4, 0.5) is 17.1 Å². The Bertz CT molecular complexity index is 2780. The summed E-state index contributed by atoms with van der Waals surface area (Å²) in [6.07, 6.45) is 1.79. The fourth-order valence-electron chi connectivity index (χ4n) is 7.96. The Morgan fingerprint density at radius 2 is 1.38 bits per heavy atom. The fourth-order valence-corrected chi connectivity index (χ4v) is 7.96. The number of rotatable bonds is 7. The number of aromatic nitrogens is 4. The van der Waals surface area contributed by atoms with Crippen molar-refractivity contribution >= 4 is 38.9 Å². The molecule has 58 heavy (non-hydrogen) atoms. The van der Waals surface area contributed by atoms with E-state index in [2.05, 4.69) is 200 Å². The van der Waals surface area contributed by atoms with Gasteiger partial charge in [-0.3, -0.25) is 4.57 Å². The van der Waals surface area contributed by atoms with Crippen LogP contribution in [-0.4, -0.2) is 19.3 Å². The van der Waals surface area contributed by atoms with E-state index in [9.17, 15) is 0 Å². The molecule has 3 heterocycles. The topological polar surface area (TPSA) is 51.4 Å². The zero-order valence-corrected chi connectivity index (χ0v) is 36.5. The Kier molecular flexibility index (Phi) is 10.1. The van der Waals surface area contributed by atoms with Crippen LogP contribution in [0.3, 0.4) is 0 Å². The number of ether oxygens (including phenoxy) is 1. The van der Waals surface area contributed by atoms with Gasteiger partial charge in [0.15, 0.2) is 0 Å². The van der Waals surface area contributed by atoms with E-state index in [0.29, 0.717) is 17.4 Å². The molecule has 1 aliphatic rings. The minimum Gasteiger partial charge on any atom is -0.509 e. The summed E-state index contributed by atoms with van der Waals surface area (Å²) in [5.41, 5.74) is 12.3. The van der Waals surface area contributed by atoms with E-state index < -0.39 is 0 Å². The first kappa shape index (κ1) is 39.2. The summed E-state index contributed by atoms with van der Waals surface area (Å²) < 4.78 is 10.8. The van der Waals surface area contributed by atoms with Crippen LogP contribution >= 0.6 is 0 Å². The van der Waals surface area contributed by atoms with Gasteiger partial charge in [-0.1, -0.05) is 114 Å². The Balaban J connectivity index is 0.00000469. The predicted molar refractivity (Wildman–Crippen MR) is 232 cm³/mol. The first-order valence-corrected chi connectivity index (χ1v) is 19.6. The molecule has 8 aromatic rings. The van der Waals surface area contributed by atoms with Crippen molar-refractivity contribution in [2.75, 3.05) is 9.80 Å². The minimum atomic E-state index is -0.00719. The van der Waals surface area contributed by atoms with Gasteiger partial charge in [0.2, 0.25) is 5.95 Å². The van der Waals surface area contributed by atoms with Gasteiger partial charge >= 0.3 is 0 Å². The Morgan fingerprint density at radius 3 is 2.16 bits per heavy atom. The molecular formula is C50H47N6OPt-3. The van der Waals surface area contributed by atoms with Crippen molar-refractivity contribution in [3.05, 3.63) is 168 Å². The maximum absolute atomic E-state index is 6.62. The van der Waals surface area contributed by atoms with Gasteiger partial charge in [-0.2, -0.15) is 18.8 Å². The number of para-hydroxylation sites is 2. The predicted octanol–water partition coefficient (Wildman–Crippen LogP) is 12.2. The van der Waals surface area contributed by atoms with Gasteiger partial charge in [-0.15, -0.1) is 51.6 Å². The SMILES string of the molecule is Cc1cccc(C)c1-n1cnnc1-n1c2[c-]c(Oc3[c-]c(N4[CH-]N(Cc5cccc(C(C)(C)C)c5)c5ccc(C(C)(C)C)cc54)ccc3)ccc2c2ccccc21.[Pt]. The van der Waals surface area contributed by atoms with Crippen molar-refractivity contribution in [3.63, 3.8) is 0 Å². The average molecular weight is 943 g/mol. The van der Waals surface area contributed by atoms with E-state index in [4.69, 9.17) is 4.74 Å². The van der Waals surface area contributed by atoms with Gasteiger partial charge in [-0.05, 0) is 76.1 Å². The molecule has 296 valence electrons. The van der Waals surface area contributed by atoms with Crippen LogP contribution in [0.5, 0.6) is 11.5 Å². The monoisotopic (exact) mass is 942 g/mol. The molecule has 1 aliphatic heterocycles. The number of aryl methyl sites for hydroxylation is 2. The second kappa shape index (κ2) is 14.9. The molecule has 7 nitrogen and oxygen atoms in total. The van der Waals surface area contributed by atoms with Crippen LogP contribution in [-0.2, 0) is 38.4 Å². The number of benzene rings is 6. The van der Waals surface area contributed by atoms with E-state index in [1.165, 1.54) is 16.7 Å². The molecule has 0 atom stereocenters. The molecule has 0 bridgehead atoms. The number of nitrogens with zero attached hydrogens (tertiary/aromatic N) is 6. The van der Waals surface area contributed by atoms with Crippen molar-refractivity contribution in [2.45, 2.75) is 72.8 Å². The van der Waals surface area contributed by atoms with Gasteiger partial charge in [0.1, 0.15) is 6.33 Å². The van der Waals surface area contributed by atoms with Gasteiger partial charge in [0.05, 0.1) is 5.69 Å². The second-order valence-corrected chi connectivity index (χ2v) is 17.2. The molecule has 0 spiro atoms. The Hall–Kier alpha value is -5.65. The molecule has 0 saturated heterocycles. The number of fused-ring (bicyclic) bond motifs is 4. The van der Waals surface area contributed by atoms with Crippen LogP contribution in [0.25, 0.3) is 33.4 Å². The maximum Gasteiger partial charge on any atom is 0.238 e. The molecule has 2 aromatic heterocycles. The molecule has 9 rings (SSSR count). The van der Waals surface area contributed by atoms with Gasteiger partial charge in [-0.25, -0.2) is 0 Å². The Morgan fingerprint density at radius 1 is 0.672 bits per heavy atom. The molecule has 0 unspecified atom stereocenters. The molecule has 0 radical (unpaired) electrons. The summed E-state index contributed by atoms with van der Waals surface area (Å²) in [5.74, 6) is 1.87. The molecule has 0 fully saturated rings. The number of hydrogen-bond donors (Lipinski definition) is 0. The van der Waals surface area contributed by atoms with E-state index in [1.807, 2.05) is 18.2 Å². The smallest absolute Gasteiger partial charge is 0.238 e. The van der Waals surface area contributed by atoms with Gasteiger partial charge in [0.25, 0.3) is 0 Å². The maximum atomic E-state index is 6.62. The van der Waals surface area contributed by atoms with Crippen LogP contribution in [0, 0.1) is 32.6 Å². The van der Waals surface area contributed by atoms with E-state index >= 15 is 0 Å². The fraction of sp³-hybridized carbons (Fsp3) is 0.220. The molecule has 0 aliphatic carbocycles. The largest absolute Gasteiger partial charge is 0.509 e. The minimum absolute atomic E-state index is 0. The standard InChI is InChI=1S/C50H47N6O.Pt/c1-33-14-11-15-34(2)47(33)54-31-51-52-48(54)56-43-21-10-9-20-41(43)42-24-23-40(29-45(42)56)57-39-19-13-18-38(28-39)55-32-53(30-35-16-12-17-36(26-35)49(3,4)5)44-25-22-37(27-46(44)55)50(6,7)8;/h9-27,31-32H,30H2,1-8H3;/q-3;. The second-order valence-electron chi connectivity index (χ2n) is 17.2. The number of anilines is 3. The van der Waals surface area contributed by atoms with Crippen LogP contribution in [0.1, 0.15) is 69.4 Å². The molecular weight excluding hydrogens is 896 g/mol. The van der Waals surface area contributed by atoms with Crippen molar-refractivity contribution in [1.29, 1.82) is 0 Å². The van der Waals surface area contributed by atoms with E-state index in [-0.39, 0.29) is 31.9 Å². The van der Waals surface area contributed by atoms with Gasteiger partial charge < -0.3 is 19.1 Å². The first-order valence-electron chi connectivity index (χ1n) is 19.6. The summed E-state index contributed by atoms with van der Waals surface area (Å²) >= 11 is 0. The van der Waals surface area contributed by atoms with Crippen molar-refractivity contribution < 1.29 is 25.8 Å². The molecule has 0 N–H and O–H groups in total. The van der Waals surface area contributed by atoms with Gasteiger partial charge in [0, 0.05) is 56.0 Å². The third-order valence-electron chi connectivity index (χ3n) is 11.0.